The Morgan fingerprint density at radius 3 is 2.18 bits per heavy atom. The highest BCUT2D eigenvalue weighted by Gasteiger charge is 2.37. The van der Waals surface area contributed by atoms with Crippen LogP contribution in [0.3, 0.4) is 0 Å². The summed E-state index contributed by atoms with van der Waals surface area (Å²) in [5.41, 5.74) is 0. The lowest BCUT2D eigenvalue weighted by atomic mass is 9.95. The van der Waals surface area contributed by atoms with Crippen molar-refractivity contribution in [2.45, 2.75) is 38.9 Å². The number of likely N-dealkylation sites (N-methyl/N-ethyl adjacent to an activating group) is 1. The van der Waals surface area contributed by atoms with Gasteiger partial charge in [-0.1, -0.05) is 0 Å². The van der Waals surface area contributed by atoms with Crippen LogP contribution in [0.15, 0.2) is 0 Å². The Kier molecular flexibility index (Phi) is 2.55. The van der Waals surface area contributed by atoms with Crippen molar-refractivity contribution in [1.82, 2.24) is 9.80 Å². The lowest BCUT2D eigenvalue weighted by molar-refractivity contribution is -0.0199. The van der Waals surface area contributed by atoms with Crippen LogP contribution in [0.4, 0.5) is 0 Å². The lowest BCUT2D eigenvalue weighted by Gasteiger charge is -2.51. The molecule has 0 saturated carbocycles. The van der Waals surface area contributed by atoms with Gasteiger partial charge >= 0.3 is 0 Å². The molecule has 0 spiro atoms. The quantitative estimate of drug-likeness (QED) is 0.589. The van der Waals surface area contributed by atoms with E-state index in [1.54, 1.807) is 0 Å². The van der Waals surface area contributed by atoms with E-state index in [1.807, 2.05) is 0 Å². The van der Waals surface area contributed by atoms with E-state index in [1.165, 1.54) is 6.54 Å². The molecule has 1 fully saturated rings. The molecule has 1 saturated heterocycles. The Morgan fingerprint density at radius 1 is 1.36 bits per heavy atom. The average molecular weight is 156 g/mol. The minimum absolute atomic E-state index is 0.709. The monoisotopic (exact) mass is 156 g/mol. The second-order valence-electron chi connectivity index (χ2n) is 4.06. The van der Waals surface area contributed by atoms with Crippen LogP contribution in [-0.4, -0.2) is 48.6 Å². The smallest absolute Gasteiger partial charge is 0.0370 e. The minimum Gasteiger partial charge on any atom is -0.304 e. The largest absolute Gasteiger partial charge is 0.304 e. The van der Waals surface area contributed by atoms with Crippen LogP contribution in [0.5, 0.6) is 0 Å². The Bertz CT molecular complexity index is 118. The molecule has 0 N–H and O–H groups in total. The molecular weight excluding hydrogens is 136 g/mol. The lowest BCUT2D eigenvalue weighted by Crippen LogP contribution is -2.65. The second kappa shape index (κ2) is 3.11. The summed E-state index contributed by atoms with van der Waals surface area (Å²) in [6.45, 7) is 8.09. The van der Waals surface area contributed by atoms with Gasteiger partial charge in [-0.3, -0.25) is 4.90 Å². The Hall–Kier alpha value is -0.0800. The zero-order chi connectivity index (χ0) is 8.59. The fourth-order valence-electron chi connectivity index (χ4n) is 1.89. The van der Waals surface area contributed by atoms with Crippen LogP contribution in [-0.2, 0) is 0 Å². The first-order valence-electron chi connectivity index (χ1n) is 4.46. The minimum atomic E-state index is 0.709. The molecule has 1 heterocycles. The maximum Gasteiger partial charge on any atom is 0.0370 e. The van der Waals surface area contributed by atoms with E-state index in [4.69, 9.17) is 0 Å². The molecule has 2 heteroatoms. The van der Waals surface area contributed by atoms with E-state index in [0.717, 1.165) is 12.1 Å². The van der Waals surface area contributed by atoms with E-state index >= 15 is 0 Å². The van der Waals surface area contributed by atoms with Crippen LogP contribution >= 0.6 is 0 Å². The summed E-state index contributed by atoms with van der Waals surface area (Å²) >= 11 is 0. The molecule has 0 aromatic rings. The van der Waals surface area contributed by atoms with Gasteiger partial charge in [0.25, 0.3) is 0 Å². The molecule has 2 unspecified atom stereocenters. The number of hydrogen-bond acceptors (Lipinski definition) is 2. The van der Waals surface area contributed by atoms with Gasteiger partial charge in [0.05, 0.1) is 0 Å². The zero-order valence-corrected chi connectivity index (χ0v) is 8.33. The predicted molar refractivity (Wildman–Crippen MR) is 48.8 cm³/mol. The summed E-state index contributed by atoms with van der Waals surface area (Å²) in [5.74, 6) is 0. The topological polar surface area (TPSA) is 6.48 Å². The molecule has 2 nitrogen and oxygen atoms in total. The average Bonchev–Trinajstić information content (AvgIpc) is 1.82. The molecule has 66 valence electrons. The van der Waals surface area contributed by atoms with Crippen molar-refractivity contribution in [3.8, 4) is 0 Å². The molecule has 0 amide bonds. The molecule has 0 bridgehead atoms. The van der Waals surface area contributed by atoms with Crippen molar-refractivity contribution in [3.63, 3.8) is 0 Å². The molecular formula is C9H20N2. The maximum absolute atomic E-state index is 2.53. The molecule has 0 radical (unpaired) electrons. The summed E-state index contributed by atoms with van der Waals surface area (Å²) in [5, 5.41) is 0. The summed E-state index contributed by atoms with van der Waals surface area (Å²) in [6.07, 6.45) is 0. The van der Waals surface area contributed by atoms with Crippen LogP contribution in [0, 0.1) is 0 Å². The van der Waals surface area contributed by atoms with Gasteiger partial charge in [0.1, 0.15) is 0 Å². The van der Waals surface area contributed by atoms with E-state index in [-0.39, 0.29) is 0 Å². The zero-order valence-electron chi connectivity index (χ0n) is 8.33. The van der Waals surface area contributed by atoms with Crippen molar-refractivity contribution in [1.29, 1.82) is 0 Å². The van der Waals surface area contributed by atoms with Crippen LogP contribution < -0.4 is 0 Å². The van der Waals surface area contributed by atoms with Gasteiger partial charge in [0.15, 0.2) is 0 Å². The number of likely N-dealkylation sites (tertiary alicyclic amines) is 1. The molecule has 0 aliphatic carbocycles. The third kappa shape index (κ3) is 1.57. The first-order valence-corrected chi connectivity index (χ1v) is 4.46. The van der Waals surface area contributed by atoms with Gasteiger partial charge < -0.3 is 4.90 Å². The third-order valence-electron chi connectivity index (χ3n) is 2.80. The van der Waals surface area contributed by atoms with Crippen molar-refractivity contribution in [2.75, 3.05) is 20.6 Å². The molecule has 1 rings (SSSR count). The van der Waals surface area contributed by atoms with Crippen molar-refractivity contribution in [3.05, 3.63) is 0 Å². The predicted octanol–water partition coefficient (Wildman–Crippen LogP) is 1.03. The Labute approximate surface area is 70.2 Å². The van der Waals surface area contributed by atoms with E-state index in [9.17, 15) is 0 Å². The highest BCUT2D eigenvalue weighted by atomic mass is 15.3. The molecule has 1 aliphatic heterocycles. The summed E-state index contributed by atoms with van der Waals surface area (Å²) < 4.78 is 0. The van der Waals surface area contributed by atoms with Gasteiger partial charge in [-0.2, -0.15) is 0 Å². The molecule has 1 aliphatic rings. The SMILES string of the molecule is CC(C)N1CC(N(C)C)C1C. The molecule has 0 aromatic carbocycles. The van der Waals surface area contributed by atoms with E-state index < -0.39 is 0 Å². The fraction of sp³-hybridized carbons (Fsp3) is 1.00. The fourth-order valence-corrected chi connectivity index (χ4v) is 1.89. The van der Waals surface area contributed by atoms with E-state index in [2.05, 4.69) is 44.7 Å². The first kappa shape index (κ1) is 9.01. The third-order valence-corrected chi connectivity index (χ3v) is 2.80. The van der Waals surface area contributed by atoms with Crippen LogP contribution in [0.2, 0.25) is 0 Å². The van der Waals surface area contributed by atoms with Crippen LogP contribution in [0.25, 0.3) is 0 Å². The normalized spacial score (nSPS) is 33.0. The number of rotatable bonds is 2. The van der Waals surface area contributed by atoms with Crippen LogP contribution in [0.1, 0.15) is 20.8 Å². The van der Waals surface area contributed by atoms with E-state index in [0.29, 0.717) is 6.04 Å². The van der Waals surface area contributed by atoms with Gasteiger partial charge in [0, 0.05) is 24.7 Å². The maximum atomic E-state index is 2.53. The van der Waals surface area contributed by atoms with Gasteiger partial charge in [-0.05, 0) is 34.9 Å². The standard InChI is InChI=1S/C9H20N2/c1-7(2)11-6-9(8(11)3)10(4)5/h7-9H,6H2,1-5H3. The molecule has 0 aromatic heterocycles. The van der Waals surface area contributed by atoms with Gasteiger partial charge in [-0.25, -0.2) is 0 Å². The second-order valence-corrected chi connectivity index (χ2v) is 4.06. The summed E-state index contributed by atoms with van der Waals surface area (Å²) in [7, 11) is 4.33. The first-order chi connectivity index (χ1) is 5.04. The van der Waals surface area contributed by atoms with Gasteiger partial charge in [-0.15, -0.1) is 0 Å². The highest BCUT2D eigenvalue weighted by Crippen LogP contribution is 2.23. The number of nitrogens with zero attached hydrogens (tertiary/aromatic N) is 2. The van der Waals surface area contributed by atoms with Crippen molar-refractivity contribution in [2.24, 2.45) is 0 Å². The van der Waals surface area contributed by atoms with Gasteiger partial charge in [0.2, 0.25) is 0 Å². The molecule has 2 atom stereocenters. The Morgan fingerprint density at radius 2 is 1.91 bits per heavy atom. The highest BCUT2D eigenvalue weighted by molar-refractivity contribution is 4.95. The summed E-state index contributed by atoms with van der Waals surface area (Å²) in [6, 6.07) is 2.23. The number of hydrogen-bond donors (Lipinski definition) is 0. The Balaban J connectivity index is 2.38. The molecule has 11 heavy (non-hydrogen) atoms. The summed E-state index contributed by atoms with van der Waals surface area (Å²) in [4.78, 5) is 4.86. The van der Waals surface area contributed by atoms with Crippen molar-refractivity contribution < 1.29 is 0 Å². The van der Waals surface area contributed by atoms with Crippen molar-refractivity contribution >= 4 is 0 Å².